The second-order valence-electron chi connectivity index (χ2n) is 7.90. The molecule has 0 aliphatic carbocycles. The Balaban J connectivity index is 1.45. The molecule has 5 nitrogen and oxygen atoms in total. The first-order chi connectivity index (χ1) is 16.2. The smallest absolute Gasteiger partial charge is 0.251 e. The van der Waals surface area contributed by atoms with E-state index in [0.717, 1.165) is 22.6 Å². The van der Waals surface area contributed by atoms with Gasteiger partial charge < -0.3 is 5.32 Å². The van der Waals surface area contributed by atoms with Crippen LogP contribution in [0.25, 0.3) is 10.8 Å². The summed E-state index contributed by atoms with van der Waals surface area (Å²) < 4.78 is 26.1. The van der Waals surface area contributed by atoms with Crippen LogP contribution < -0.4 is 9.62 Å². The monoisotopic (exact) mass is 512 g/mol. The number of anilines is 1. The van der Waals surface area contributed by atoms with E-state index in [1.54, 1.807) is 42.5 Å². The lowest BCUT2D eigenvalue weighted by Gasteiger charge is -2.24. The van der Waals surface area contributed by atoms with Gasteiger partial charge in [-0.05, 0) is 52.2 Å². The van der Waals surface area contributed by atoms with Gasteiger partial charge in [-0.3, -0.25) is 9.10 Å². The molecule has 0 aromatic heterocycles. The highest BCUT2D eigenvalue weighted by Gasteiger charge is 2.21. The van der Waals surface area contributed by atoms with Crippen molar-refractivity contribution in [3.63, 3.8) is 0 Å². The largest absolute Gasteiger partial charge is 0.348 e. The molecule has 4 rings (SSSR count). The number of hydrogen-bond acceptors (Lipinski definition) is 3. The molecule has 0 aliphatic heterocycles. The third kappa shape index (κ3) is 5.53. The van der Waals surface area contributed by atoms with Crippen molar-refractivity contribution in [2.45, 2.75) is 13.1 Å². The second-order valence-corrected chi connectivity index (χ2v) is 10.6. The Labute approximate surface area is 209 Å². The number of sulfonamides is 1. The number of benzene rings is 4. The molecule has 8 heteroatoms. The minimum Gasteiger partial charge on any atom is -0.348 e. The number of carbonyl (C=O) groups is 1. The van der Waals surface area contributed by atoms with Crippen LogP contribution in [0.4, 0.5) is 5.69 Å². The van der Waals surface area contributed by atoms with Crippen molar-refractivity contribution in [2.75, 3.05) is 10.6 Å². The molecule has 34 heavy (non-hydrogen) atoms. The van der Waals surface area contributed by atoms with Crippen LogP contribution in [0, 0.1) is 0 Å². The molecule has 4 aromatic carbocycles. The average molecular weight is 513 g/mol. The zero-order valence-electron chi connectivity index (χ0n) is 18.3. The lowest BCUT2D eigenvalue weighted by atomic mass is 10.1. The number of hydrogen-bond donors (Lipinski definition) is 1. The Morgan fingerprint density at radius 1 is 0.853 bits per heavy atom. The van der Waals surface area contributed by atoms with E-state index in [1.807, 2.05) is 36.4 Å². The minimum atomic E-state index is -3.63. The molecular formula is C26H22Cl2N2O3S. The van der Waals surface area contributed by atoms with Crippen LogP contribution in [0.15, 0.2) is 84.9 Å². The van der Waals surface area contributed by atoms with Crippen LogP contribution in [0.3, 0.4) is 0 Å². The van der Waals surface area contributed by atoms with Gasteiger partial charge in [-0.2, -0.15) is 0 Å². The van der Waals surface area contributed by atoms with Gasteiger partial charge in [0.1, 0.15) is 0 Å². The van der Waals surface area contributed by atoms with Gasteiger partial charge in [-0.1, -0.05) is 77.8 Å². The number of amides is 1. The highest BCUT2D eigenvalue weighted by Crippen LogP contribution is 2.34. The quantitative estimate of drug-likeness (QED) is 0.328. The van der Waals surface area contributed by atoms with Gasteiger partial charge in [0, 0.05) is 12.1 Å². The molecule has 0 saturated carbocycles. The van der Waals surface area contributed by atoms with E-state index in [2.05, 4.69) is 11.4 Å². The predicted octanol–water partition coefficient (Wildman–Crippen LogP) is 6.04. The van der Waals surface area contributed by atoms with Gasteiger partial charge in [-0.15, -0.1) is 0 Å². The van der Waals surface area contributed by atoms with E-state index in [-0.39, 0.29) is 22.5 Å². The normalized spacial score (nSPS) is 11.4. The van der Waals surface area contributed by atoms with Crippen molar-refractivity contribution in [1.29, 1.82) is 0 Å². The maximum atomic E-state index is 12.6. The van der Waals surface area contributed by atoms with E-state index >= 15 is 0 Å². The maximum absolute atomic E-state index is 12.6. The summed E-state index contributed by atoms with van der Waals surface area (Å²) in [6.07, 6.45) is 1.11. The number of halogens is 2. The Hall–Kier alpha value is -3.06. The van der Waals surface area contributed by atoms with Crippen LogP contribution in [0.2, 0.25) is 10.0 Å². The molecule has 0 bridgehead atoms. The van der Waals surface area contributed by atoms with E-state index in [1.165, 1.54) is 4.31 Å². The number of nitrogens with one attached hydrogen (secondary N) is 1. The summed E-state index contributed by atoms with van der Waals surface area (Å²) in [5, 5.41) is 5.63. The van der Waals surface area contributed by atoms with Crippen molar-refractivity contribution in [2.24, 2.45) is 0 Å². The Kier molecular flexibility index (Phi) is 7.12. The second kappa shape index (κ2) is 10.1. The highest BCUT2D eigenvalue weighted by molar-refractivity contribution is 7.92. The predicted molar refractivity (Wildman–Crippen MR) is 139 cm³/mol. The van der Waals surface area contributed by atoms with Gasteiger partial charge in [0.25, 0.3) is 5.91 Å². The first-order valence-electron chi connectivity index (χ1n) is 10.5. The van der Waals surface area contributed by atoms with Gasteiger partial charge in [0.15, 0.2) is 0 Å². The van der Waals surface area contributed by atoms with E-state index in [4.69, 9.17) is 23.2 Å². The van der Waals surface area contributed by atoms with Crippen molar-refractivity contribution in [3.05, 3.63) is 112 Å². The fourth-order valence-corrected chi connectivity index (χ4v) is 4.97. The van der Waals surface area contributed by atoms with Crippen LogP contribution in [0.5, 0.6) is 0 Å². The third-order valence-electron chi connectivity index (χ3n) is 5.41. The van der Waals surface area contributed by atoms with Gasteiger partial charge in [0.05, 0.1) is 28.5 Å². The number of carbonyl (C=O) groups excluding carboxylic acids is 1. The number of fused-ring (bicyclic) bond motifs is 1. The van der Waals surface area contributed by atoms with E-state index < -0.39 is 10.0 Å². The molecule has 0 atom stereocenters. The molecule has 0 spiro atoms. The summed E-state index contributed by atoms with van der Waals surface area (Å²) in [6.45, 7) is 0.457. The number of rotatable bonds is 7. The lowest BCUT2D eigenvalue weighted by molar-refractivity contribution is 0.0951. The summed E-state index contributed by atoms with van der Waals surface area (Å²) in [5.41, 5.74) is 2.49. The number of nitrogens with zero attached hydrogens (tertiary/aromatic N) is 1. The molecule has 0 radical (unpaired) electrons. The molecule has 0 unspecified atom stereocenters. The fraction of sp³-hybridized carbons (Fsp3) is 0.115. The Morgan fingerprint density at radius 2 is 1.53 bits per heavy atom. The first-order valence-corrected chi connectivity index (χ1v) is 13.1. The molecule has 4 aromatic rings. The molecular weight excluding hydrogens is 491 g/mol. The van der Waals surface area contributed by atoms with Crippen LogP contribution in [-0.2, 0) is 23.1 Å². The zero-order valence-corrected chi connectivity index (χ0v) is 20.7. The van der Waals surface area contributed by atoms with Gasteiger partial charge in [0.2, 0.25) is 10.0 Å². The summed E-state index contributed by atoms with van der Waals surface area (Å²) in [7, 11) is -3.63. The third-order valence-corrected chi connectivity index (χ3v) is 7.34. The standard InChI is InChI=1S/C26H22Cl2N2O3S/c1-34(32,33)30(24-8-4-7-23(27)25(24)28)17-18-9-13-21(14-10-18)26(31)29-16-19-11-12-20-5-2-3-6-22(20)15-19/h2-15H,16-17H2,1H3,(H,29,31). The summed E-state index contributed by atoms with van der Waals surface area (Å²) >= 11 is 12.3. The van der Waals surface area contributed by atoms with Crippen molar-refractivity contribution in [3.8, 4) is 0 Å². The minimum absolute atomic E-state index is 0.0535. The topological polar surface area (TPSA) is 66.5 Å². The average Bonchev–Trinajstić information content (AvgIpc) is 2.82. The van der Waals surface area contributed by atoms with Crippen molar-refractivity contribution in [1.82, 2.24) is 5.32 Å². The first kappa shape index (κ1) is 24.1. The van der Waals surface area contributed by atoms with Crippen LogP contribution >= 0.6 is 23.2 Å². The maximum Gasteiger partial charge on any atom is 0.251 e. The molecule has 0 fully saturated rings. The summed E-state index contributed by atoms with van der Waals surface area (Å²) in [6, 6.07) is 25.8. The van der Waals surface area contributed by atoms with Crippen molar-refractivity contribution < 1.29 is 13.2 Å². The Bertz CT molecular complexity index is 1450. The molecule has 0 saturated heterocycles. The lowest BCUT2D eigenvalue weighted by Crippen LogP contribution is -2.29. The van der Waals surface area contributed by atoms with Gasteiger partial charge in [-0.25, -0.2) is 8.42 Å². The molecule has 174 valence electrons. The fourth-order valence-electron chi connectivity index (χ4n) is 3.63. The molecule has 1 amide bonds. The van der Waals surface area contributed by atoms with E-state index in [9.17, 15) is 13.2 Å². The summed E-state index contributed by atoms with van der Waals surface area (Å²) in [4.78, 5) is 12.6. The Morgan fingerprint density at radius 3 is 2.24 bits per heavy atom. The van der Waals surface area contributed by atoms with Gasteiger partial charge >= 0.3 is 0 Å². The molecule has 1 N–H and O–H groups in total. The highest BCUT2D eigenvalue weighted by atomic mass is 35.5. The molecule has 0 heterocycles. The molecule has 0 aliphatic rings. The van der Waals surface area contributed by atoms with E-state index in [0.29, 0.717) is 23.4 Å². The SMILES string of the molecule is CS(=O)(=O)N(Cc1ccc(C(=O)NCc2ccc3ccccc3c2)cc1)c1cccc(Cl)c1Cl. The summed E-state index contributed by atoms with van der Waals surface area (Å²) in [5.74, 6) is -0.211. The van der Waals surface area contributed by atoms with Crippen molar-refractivity contribution >= 4 is 55.6 Å². The van der Waals surface area contributed by atoms with Crippen LogP contribution in [0.1, 0.15) is 21.5 Å². The zero-order chi connectivity index (χ0) is 24.3. The van der Waals surface area contributed by atoms with Crippen LogP contribution in [-0.4, -0.2) is 20.6 Å².